The van der Waals surface area contributed by atoms with E-state index >= 15 is 0 Å². The minimum absolute atomic E-state index is 0.00486. The largest absolute Gasteiger partial charge is 0.453 e. The second kappa shape index (κ2) is 7.87. The van der Waals surface area contributed by atoms with Crippen molar-refractivity contribution >= 4 is 29.3 Å². The molecule has 0 saturated heterocycles. The standard InChI is InChI=1S/C19H20N6O3/c1-10-15(12(3)26)11(2)21-16(10)17(27)28-9-14-23-18(20)25-19(24-14)22-13-7-5-4-6-8-13/h4-8,21H,9H2,1-3H3,(H3,20,22,23,24,25). The van der Waals surface area contributed by atoms with Crippen LogP contribution >= 0.6 is 0 Å². The van der Waals surface area contributed by atoms with Crippen LogP contribution in [0.15, 0.2) is 30.3 Å². The summed E-state index contributed by atoms with van der Waals surface area (Å²) in [5.41, 5.74) is 8.40. The van der Waals surface area contributed by atoms with Crippen LogP contribution in [0.4, 0.5) is 17.6 Å². The van der Waals surface area contributed by atoms with Gasteiger partial charge in [0.15, 0.2) is 18.2 Å². The van der Waals surface area contributed by atoms with Crippen LogP contribution in [0, 0.1) is 13.8 Å². The number of nitrogens with one attached hydrogen (secondary N) is 2. The number of aromatic amines is 1. The van der Waals surface area contributed by atoms with Crippen LogP contribution in [0.1, 0.15) is 44.9 Å². The van der Waals surface area contributed by atoms with E-state index in [1.165, 1.54) is 6.92 Å². The summed E-state index contributed by atoms with van der Waals surface area (Å²) in [5.74, 6) is -0.274. The van der Waals surface area contributed by atoms with Gasteiger partial charge in [0.1, 0.15) is 5.69 Å². The van der Waals surface area contributed by atoms with Gasteiger partial charge in [-0.15, -0.1) is 0 Å². The lowest BCUT2D eigenvalue weighted by Gasteiger charge is -2.08. The molecule has 0 aliphatic heterocycles. The number of para-hydroxylation sites is 1. The summed E-state index contributed by atoms with van der Waals surface area (Å²) in [7, 11) is 0. The lowest BCUT2D eigenvalue weighted by molar-refractivity contribution is 0.0455. The Bertz CT molecular complexity index is 1030. The van der Waals surface area contributed by atoms with E-state index in [0.717, 1.165) is 5.69 Å². The van der Waals surface area contributed by atoms with Crippen LogP contribution in [0.5, 0.6) is 0 Å². The molecule has 0 amide bonds. The number of nitrogens with zero attached hydrogens (tertiary/aromatic N) is 3. The van der Waals surface area contributed by atoms with Crippen molar-refractivity contribution in [3.63, 3.8) is 0 Å². The van der Waals surface area contributed by atoms with Crippen LogP contribution in [0.25, 0.3) is 0 Å². The summed E-state index contributed by atoms with van der Waals surface area (Å²) in [6, 6.07) is 9.32. The first-order valence-electron chi connectivity index (χ1n) is 8.55. The average Bonchev–Trinajstić information content (AvgIpc) is 2.94. The highest BCUT2D eigenvalue weighted by Crippen LogP contribution is 2.20. The number of benzene rings is 1. The molecule has 9 nitrogen and oxygen atoms in total. The third-order valence-electron chi connectivity index (χ3n) is 4.05. The van der Waals surface area contributed by atoms with Crippen molar-refractivity contribution in [1.82, 2.24) is 19.9 Å². The fraction of sp³-hybridized carbons (Fsp3) is 0.211. The molecular formula is C19H20N6O3. The number of aryl methyl sites for hydroxylation is 1. The van der Waals surface area contributed by atoms with E-state index in [2.05, 4.69) is 25.3 Å². The van der Waals surface area contributed by atoms with Crippen molar-refractivity contribution < 1.29 is 14.3 Å². The first-order chi connectivity index (χ1) is 13.3. The normalized spacial score (nSPS) is 10.5. The molecule has 0 spiro atoms. The van der Waals surface area contributed by atoms with Gasteiger partial charge in [0.25, 0.3) is 0 Å². The molecule has 0 aliphatic carbocycles. The number of ketones is 1. The molecule has 4 N–H and O–H groups in total. The number of carbonyl (C=O) groups excluding carboxylic acids is 2. The van der Waals surface area contributed by atoms with Crippen molar-refractivity contribution in [3.05, 3.63) is 58.7 Å². The highest BCUT2D eigenvalue weighted by Gasteiger charge is 2.21. The third kappa shape index (κ3) is 4.14. The molecule has 1 aromatic carbocycles. The van der Waals surface area contributed by atoms with Gasteiger partial charge < -0.3 is 20.8 Å². The molecule has 2 heterocycles. The molecule has 0 saturated carbocycles. The van der Waals surface area contributed by atoms with E-state index in [4.69, 9.17) is 10.5 Å². The van der Waals surface area contributed by atoms with E-state index in [1.807, 2.05) is 30.3 Å². The number of carbonyl (C=O) groups is 2. The number of ether oxygens (including phenoxy) is 1. The van der Waals surface area contributed by atoms with Gasteiger partial charge >= 0.3 is 5.97 Å². The predicted molar refractivity (Wildman–Crippen MR) is 103 cm³/mol. The molecule has 0 fully saturated rings. The zero-order chi connectivity index (χ0) is 20.3. The Balaban J connectivity index is 1.73. The molecule has 0 aliphatic rings. The first kappa shape index (κ1) is 19.0. The van der Waals surface area contributed by atoms with Gasteiger partial charge in [0, 0.05) is 16.9 Å². The summed E-state index contributed by atoms with van der Waals surface area (Å²) in [5, 5.41) is 3.01. The number of hydrogen-bond donors (Lipinski definition) is 3. The molecule has 0 radical (unpaired) electrons. The molecular weight excluding hydrogens is 360 g/mol. The lowest BCUT2D eigenvalue weighted by Crippen LogP contribution is -2.12. The summed E-state index contributed by atoms with van der Waals surface area (Å²) < 4.78 is 5.29. The number of nitrogens with two attached hydrogens (primary N) is 1. The Hall–Kier alpha value is -3.75. The van der Waals surface area contributed by atoms with Gasteiger partial charge in [-0.3, -0.25) is 4.79 Å². The van der Waals surface area contributed by atoms with Crippen molar-refractivity contribution in [2.24, 2.45) is 0 Å². The van der Waals surface area contributed by atoms with Crippen molar-refractivity contribution in [2.75, 3.05) is 11.1 Å². The maximum atomic E-state index is 12.4. The molecule has 144 valence electrons. The minimum atomic E-state index is -0.607. The van der Waals surface area contributed by atoms with Gasteiger partial charge in [-0.05, 0) is 38.5 Å². The molecule has 3 rings (SSSR count). The van der Waals surface area contributed by atoms with E-state index < -0.39 is 5.97 Å². The van der Waals surface area contributed by atoms with Gasteiger partial charge in [-0.25, -0.2) is 4.79 Å². The molecule has 28 heavy (non-hydrogen) atoms. The maximum Gasteiger partial charge on any atom is 0.355 e. The average molecular weight is 380 g/mol. The van der Waals surface area contributed by atoms with E-state index in [0.29, 0.717) is 16.8 Å². The number of esters is 1. The second-order valence-electron chi connectivity index (χ2n) is 6.18. The van der Waals surface area contributed by atoms with Crippen LogP contribution < -0.4 is 11.1 Å². The molecule has 9 heteroatoms. The molecule has 0 atom stereocenters. The SMILES string of the molecule is CC(=O)c1c(C)[nH]c(C(=O)OCc2nc(N)nc(Nc3ccccc3)n2)c1C. The smallest absolute Gasteiger partial charge is 0.355 e. The van der Waals surface area contributed by atoms with Crippen LogP contribution in [-0.2, 0) is 11.3 Å². The zero-order valence-corrected chi connectivity index (χ0v) is 15.7. The van der Waals surface area contributed by atoms with Gasteiger partial charge in [-0.2, -0.15) is 15.0 Å². The van der Waals surface area contributed by atoms with E-state index in [1.54, 1.807) is 13.8 Å². The summed E-state index contributed by atoms with van der Waals surface area (Å²) in [6.07, 6.45) is 0. The Morgan fingerprint density at radius 3 is 2.50 bits per heavy atom. The van der Waals surface area contributed by atoms with Gasteiger partial charge in [0.05, 0.1) is 0 Å². The summed E-state index contributed by atoms with van der Waals surface area (Å²) >= 11 is 0. The number of hydrogen-bond acceptors (Lipinski definition) is 8. The number of H-pyrrole nitrogens is 1. The van der Waals surface area contributed by atoms with Crippen LogP contribution in [0.2, 0.25) is 0 Å². The lowest BCUT2D eigenvalue weighted by atomic mass is 10.1. The fourth-order valence-corrected chi connectivity index (χ4v) is 2.89. The number of nitrogen functional groups attached to an aromatic ring is 1. The quantitative estimate of drug-likeness (QED) is 0.439. The van der Waals surface area contributed by atoms with Crippen molar-refractivity contribution in [2.45, 2.75) is 27.4 Å². The topological polar surface area (TPSA) is 136 Å². The molecule has 2 aromatic heterocycles. The Morgan fingerprint density at radius 2 is 1.86 bits per heavy atom. The third-order valence-corrected chi connectivity index (χ3v) is 4.05. The highest BCUT2D eigenvalue weighted by molar-refractivity contribution is 6.01. The van der Waals surface area contributed by atoms with Crippen molar-refractivity contribution in [1.29, 1.82) is 0 Å². The zero-order valence-electron chi connectivity index (χ0n) is 15.7. The van der Waals surface area contributed by atoms with Crippen molar-refractivity contribution in [3.8, 4) is 0 Å². The predicted octanol–water partition coefficient (Wildman–Crippen LogP) is 2.70. The maximum absolute atomic E-state index is 12.4. The van der Waals surface area contributed by atoms with Gasteiger partial charge in [-0.1, -0.05) is 18.2 Å². The van der Waals surface area contributed by atoms with Crippen LogP contribution in [0.3, 0.4) is 0 Å². The molecule has 0 bridgehead atoms. The monoisotopic (exact) mass is 380 g/mol. The number of aromatic nitrogens is 4. The molecule has 0 unspecified atom stereocenters. The summed E-state index contributed by atoms with van der Waals surface area (Å²) in [4.78, 5) is 39.2. The molecule has 3 aromatic rings. The van der Waals surface area contributed by atoms with E-state index in [-0.39, 0.29) is 35.8 Å². The summed E-state index contributed by atoms with van der Waals surface area (Å²) in [6.45, 7) is 4.68. The highest BCUT2D eigenvalue weighted by atomic mass is 16.5. The second-order valence-corrected chi connectivity index (χ2v) is 6.18. The fourth-order valence-electron chi connectivity index (χ4n) is 2.89. The van der Waals surface area contributed by atoms with Crippen LogP contribution in [-0.4, -0.2) is 31.7 Å². The first-order valence-corrected chi connectivity index (χ1v) is 8.55. The Kier molecular flexibility index (Phi) is 5.35. The number of rotatable bonds is 6. The Morgan fingerprint density at radius 1 is 1.14 bits per heavy atom. The Labute approximate surface area is 161 Å². The number of anilines is 3. The van der Waals surface area contributed by atoms with E-state index in [9.17, 15) is 9.59 Å². The number of Topliss-reactive ketones (excluding diaryl/α,β-unsaturated/α-hetero) is 1. The van der Waals surface area contributed by atoms with Gasteiger partial charge in [0.2, 0.25) is 11.9 Å². The minimum Gasteiger partial charge on any atom is -0.453 e.